The van der Waals surface area contributed by atoms with E-state index in [2.05, 4.69) is 17.4 Å². The van der Waals surface area contributed by atoms with Crippen LogP contribution in [-0.4, -0.2) is 29.3 Å². The molecule has 0 bridgehead atoms. The molecule has 0 aliphatic heterocycles. The summed E-state index contributed by atoms with van der Waals surface area (Å²) in [6.45, 7) is 10.9. The number of nitrogens with zero attached hydrogens (tertiary/aromatic N) is 1. The van der Waals surface area contributed by atoms with E-state index in [4.69, 9.17) is 0 Å². The predicted molar refractivity (Wildman–Crippen MR) is 114 cm³/mol. The van der Waals surface area contributed by atoms with E-state index >= 15 is 0 Å². The Bertz CT molecular complexity index is 829. The van der Waals surface area contributed by atoms with Crippen molar-refractivity contribution >= 4 is 11.8 Å². The van der Waals surface area contributed by atoms with Gasteiger partial charge >= 0.3 is 0 Å². The normalized spacial score (nSPS) is 11.8. The summed E-state index contributed by atoms with van der Waals surface area (Å²) < 4.78 is 0. The lowest BCUT2D eigenvalue weighted by Crippen LogP contribution is -2.49. The number of benzene rings is 2. The van der Waals surface area contributed by atoms with Crippen molar-refractivity contribution in [1.29, 1.82) is 0 Å². The molecule has 0 heterocycles. The first-order valence-corrected chi connectivity index (χ1v) is 10.0. The van der Waals surface area contributed by atoms with Crippen molar-refractivity contribution in [3.63, 3.8) is 0 Å². The lowest BCUT2D eigenvalue weighted by Gasteiger charge is -2.31. The van der Waals surface area contributed by atoms with E-state index in [1.165, 1.54) is 0 Å². The molecule has 2 aromatic carbocycles. The van der Waals surface area contributed by atoms with Gasteiger partial charge in [-0.1, -0.05) is 55.0 Å². The van der Waals surface area contributed by atoms with Crippen molar-refractivity contribution in [1.82, 2.24) is 10.2 Å². The second-order valence-electron chi connectivity index (χ2n) is 7.37. The van der Waals surface area contributed by atoms with Crippen molar-refractivity contribution in [3.05, 3.63) is 70.3 Å². The summed E-state index contributed by atoms with van der Waals surface area (Å²) in [5.41, 5.74) is 5.44. The van der Waals surface area contributed by atoms with E-state index in [1.54, 1.807) is 4.90 Å². The van der Waals surface area contributed by atoms with Crippen LogP contribution in [0, 0.1) is 20.8 Å². The van der Waals surface area contributed by atoms with Crippen molar-refractivity contribution < 1.29 is 9.59 Å². The van der Waals surface area contributed by atoms with Crippen LogP contribution >= 0.6 is 0 Å². The molecule has 0 saturated carbocycles. The third-order valence-corrected chi connectivity index (χ3v) is 5.19. The number of rotatable bonds is 8. The number of nitrogens with one attached hydrogen (secondary N) is 1. The van der Waals surface area contributed by atoms with Crippen LogP contribution in [0.2, 0.25) is 0 Å². The first-order chi connectivity index (χ1) is 13.4. The highest BCUT2D eigenvalue weighted by molar-refractivity contribution is 5.88. The molecule has 150 valence electrons. The summed E-state index contributed by atoms with van der Waals surface area (Å²) in [4.78, 5) is 27.8. The minimum atomic E-state index is -0.475. The van der Waals surface area contributed by atoms with Gasteiger partial charge in [0.1, 0.15) is 6.04 Å². The third-order valence-electron chi connectivity index (χ3n) is 5.19. The van der Waals surface area contributed by atoms with E-state index in [9.17, 15) is 9.59 Å². The molecular formula is C24H32N2O2. The fourth-order valence-electron chi connectivity index (χ4n) is 3.44. The Morgan fingerprint density at radius 1 is 0.964 bits per heavy atom. The molecular weight excluding hydrogens is 348 g/mol. The minimum absolute atomic E-state index is 0.0185. The highest BCUT2D eigenvalue weighted by Crippen LogP contribution is 2.18. The zero-order valence-corrected chi connectivity index (χ0v) is 17.7. The molecule has 2 rings (SSSR count). The Balaban J connectivity index is 2.35. The van der Waals surface area contributed by atoms with E-state index in [0.717, 1.165) is 27.8 Å². The van der Waals surface area contributed by atoms with Gasteiger partial charge in [-0.05, 0) is 56.4 Å². The molecule has 0 aliphatic rings. The molecule has 1 unspecified atom stereocenters. The highest BCUT2D eigenvalue weighted by Gasteiger charge is 2.28. The highest BCUT2D eigenvalue weighted by atomic mass is 16.2. The molecule has 0 aromatic heterocycles. The zero-order valence-electron chi connectivity index (χ0n) is 17.7. The van der Waals surface area contributed by atoms with Crippen LogP contribution in [0.15, 0.2) is 42.5 Å². The third kappa shape index (κ3) is 5.44. The zero-order chi connectivity index (χ0) is 20.7. The van der Waals surface area contributed by atoms with Crippen LogP contribution < -0.4 is 5.32 Å². The Morgan fingerprint density at radius 2 is 1.64 bits per heavy atom. The van der Waals surface area contributed by atoms with Crippen molar-refractivity contribution in [2.24, 2.45) is 0 Å². The van der Waals surface area contributed by atoms with Crippen molar-refractivity contribution in [2.45, 2.75) is 60.0 Å². The summed E-state index contributed by atoms with van der Waals surface area (Å²) in [5, 5.41) is 2.88. The van der Waals surface area contributed by atoms with E-state index < -0.39 is 6.04 Å². The maximum atomic E-state index is 13.3. The number of amides is 2. The molecule has 0 aliphatic carbocycles. The fraction of sp³-hybridized carbons (Fsp3) is 0.417. The number of hydrogen-bond acceptors (Lipinski definition) is 2. The summed E-state index contributed by atoms with van der Waals surface area (Å²) in [6, 6.07) is 13.7. The second kappa shape index (κ2) is 10.1. The quantitative estimate of drug-likeness (QED) is 0.750. The van der Waals surface area contributed by atoms with Gasteiger partial charge in [-0.15, -0.1) is 0 Å². The van der Waals surface area contributed by atoms with Crippen LogP contribution in [-0.2, 0) is 22.6 Å². The molecule has 2 aromatic rings. The Labute approximate surface area is 169 Å². The first-order valence-electron chi connectivity index (χ1n) is 10.0. The van der Waals surface area contributed by atoms with Crippen molar-refractivity contribution in [3.8, 4) is 0 Å². The van der Waals surface area contributed by atoms with Crippen LogP contribution in [0.4, 0.5) is 0 Å². The molecule has 0 saturated heterocycles. The summed E-state index contributed by atoms with van der Waals surface area (Å²) in [5.74, 6) is -0.108. The van der Waals surface area contributed by atoms with Gasteiger partial charge in [-0.3, -0.25) is 9.59 Å². The van der Waals surface area contributed by atoms with Gasteiger partial charge < -0.3 is 10.2 Å². The molecule has 28 heavy (non-hydrogen) atoms. The average Bonchev–Trinajstić information content (AvgIpc) is 2.66. The molecule has 1 atom stereocenters. The number of aryl methyl sites for hydroxylation is 3. The molecule has 0 spiro atoms. The second-order valence-corrected chi connectivity index (χ2v) is 7.37. The largest absolute Gasteiger partial charge is 0.355 e. The lowest BCUT2D eigenvalue weighted by molar-refractivity contribution is -0.140. The molecule has 1 N–H and O–H groups in total. The van der Waals surface area contributed by atoms with E-state index in [1.807, 2.05) is 65.0 Å². The average molecular weight is 381 g/mol. The number of carbonyl (C=O) groups is 2. The number of carbonyl (C=O) groups excluding carboxylic acids is 2. The minimum Gasteiger partial charge on any atom is -0.355 e. The summed E-state index contributed by atoms with van der Waals surface area (Å²) in [7, 11) is 0. The Hall–Kier alpha value is -2.62. The Kier molecular flexibility index (Phi) is 7.80. The molecule has 2 amide bonds. The smallest absolute Gasteiger partial charge is 0.242 e. The molecule has 4 nitrogen and oxygen atoms in total. The monoisotopic (exact) mass is 380 g/mol. The topological polar surface area (TPSA) is 49.4 Å². The lowest BCUT2D eigenvalue weighted by atomic mass is 10.0. The van der Waals surface area contributed by atoms with Gasteiger partial charge in [-0.25, -0.2) is 0 Å². The van der Waals surface area contributed by atoms with Gasteiger partial charge in [0.15, 0.2) is 0 Å². The van der Waals surface area contributed by atoms with Gasteiger partial charge in [-0.2, -0.15) is 0 Å². The van der Waals surface area contributed by atoms with Gasteiger partial charge in [0.05, 0.1) is 6.42 Å². The maximum absolute atomic E-state index is 13.3. The van der Waals surface area contributed by atoms with Gasteiger partial charge in [0.25, 0.3) is 0 Å². The molecule has 0 fully saturated rings. The standard InChI is InChI=1S/C24H32N2O2/c1-6-22(24(28)25-7-2)26(16-20-11-9-8-10-18(20)4)23(27)15-21-14-17(3)12-13-19(21)5/h8-14,22H,6-7,15-16H2,1-5H3,(H,25,28). The SMILES string of the molecule is CCNC(=O)C(CC)N(Cc1ccccc1C)C(=O)Cc1cc(C)ccc1C. The van der Waals surface area contributed by atoms with Crippen LogP contribution in [0.1, 0.15) is 48.1 Å². The van der Waals surface area contributed by atoms with E-state index in [-0.39, 0.29) is 11.8 Å². The van der Waals surface area contributed by atoms with E-state index in [0.29, 0.717) is 25.9 Å². The fourth-order valence-corrected chi connectivity index (χ4v) is 3.44. The van der Waals surface area contributed by atoms with Gasteiger partial charge in [0.2, 0.25) is 11.8 Å². The van der Waals surface area contributed by atoms with Gasteiger partial charge in [0, 0.05) is 13.1 Å². The molecule has 4 heteroatoms. The number of hydrogen-bond donors (Lipinski definition) is 1. The van der Waals surface area contributed by atoms with Crippen LogP contribution in [0.25, 0.3) is 0 Å². The summed E-state index contributed by atoms with van der Waals surface area (Å²) in [6.07, 6.45) is 0.881. The maximum Gasteiger partial charge on any atom is 0.242 e. The van der Waals surface area contributed by atoms with Crippen molar-refractivity contribution in [2.75, 3.05) is 6.54 Å². The van der Waals surface area contributed by atoms with Crippen LogP contribution in [0.3, 0.4) is 0 Å². The first kappa shape index (κ1) is 21.7. The van der Waals surface area contributed by atoms with Crippen LogP contribution in [0.5, 0.6) is 0 Å². The summed E-state index contributed by atoms with van der Waals surface area (Å²) >= 11 is 0. The predicted octanol–water partition coefficient (Wildman–Crippen LogP) is 4.10. The molecule has 0 radical (unpaired) electrons. The Morgan fingerprint density at radius 3 is 2.29 bits per heavy atom. The number of likely N-dealkylation sites (N-methyl/N-ethyl adjacent to an activating group) is 1.